The first-order valence-corrected chi connectivity index (χ1v) is 6.27. The molecule has 1 heterocycles. The first-order chi connectivity index (χ1) is 10.1. The Balaban J connectivity index is 2.12. The van der Waals surface area contributed by atoms with Gasteiger partial charge < -0.3 is 5.11 Å². The van der Waals surface area contributed by atoms with Crippen LogP contribution in [0.4, 0.5) is 4.39 Å². The molecule has 0 unspecified atom stereocenters. The van der Waals surface area contributed by atoms with E-state index >= 15 is 0 Å². The molecular weight excluding hydrogens is 271 g/mol. The van der Waals surface area contributed by atoms with Gasteiger partial charge in [0.1, 0.15) is 12.1 Å². The predicted molar refractivity (Wildman–Crippen MR) is 77.7 cm³/mol. The van der Waals surface area contributed by atoms with E-state index in [1.165, 1.54) is 18.2 Å². The summed E-state index contributed by atoms with van der Waals surface area (Å²) in [5, 5.41) is 8.64. The van der Waals surface area contributed by atoms with E-state index in [4.69, 9.17) is 5.11 Å². The van der Waals surface area contributed by atoms with E-state index in [0.717, 1.165) is 17.1 Å². The first kappa shape index (κ1) is 13.1. The Bertz CT molecular complexity index is 852. The Morgan fingerprint density at radius 2 is 2.05 bits per heavy atom. The van der Waals surface area contributed by atoms with Crippen molar-refractivity contribution in [3.63, 3.8) is 0 Å². The maximum Gasteiger partial charge on any atom is 0.328 e. The average Bonchev–Trinajstić information content (AvgIpc) is 2.88. The van der Waals surface area contributed by atoms with Gasteiger partial charge in [0.25, 0.3) is 0 Å². The highest BCUT2D eigenvalue weighted by Gasteiger charge is 2.06. The molecule has 0 amide bonds. The number of para-hydroxylation sites is 2. The number of carboxylic acid groups (broad SMARTS) is 1. The normalized spacial score (nSPS) is 11.3. The molecule has 0 fully saturated rings. The van der Waals surface area contributed by atoms with Gasteiger partial charge in [-0.1, -0.05) is 12.1 Å². The molecule has 104 valence electrons. The van der Waals surface area contributed by atoms with Gasteiger partial charge in [0, 0.05) is 6.08 Å². The lowest BCUT2D eigenvalue weighted by atomic mass is 10.1. The van der Waals surface area contributed by atoms with E-state index < -0.39 is 11.8 Å². The topological polar surface area (TPSA) is 55.1 Å². The quantitative estimate of drug-likeness (QED) is 0.750. The summed E-state index contributed by atoms with van der Waals surface area (Å²) in [7, 11) is 0. The molecule has 0 aliphatic heterocycles. The monoisotopic (exact) mass is 282 g/mol. The lowest BCUT2D eigenvalue weighted by molar-refractivity contribution is -0.131. The van der Waals surface area contributed by atoms with Crippen molar-refractivity contribution in [2.45, 2.75) is 0 Å². The van der Waals surface area contributed by atoms with Gasteiger partial charge in [0.2, 0.25) is 0 Å². The summed E-state index contributed by atoms with van der Waals surface area (Å²) in [5.41, 5.74) is 2.74. The van der Waals surface area contributed by atoms with Gasteiger partial charge in [-0.25, -0.2) is 14.2 Å². The van der Waals surface area contributed by atoms with Crippen LogP contribution in [-0.2, 0) is 4.79 Å². The second-order valence-electron chi connectivity index (χ2n) is 4.52. The minimum Gasteiger partial charge on any atom is -0.478 e. The molecule has 0 spiro atoms. The van der Waals surface area contributed by atoms with Gasteiger partial charge in [-0.05, 0) is 42.0 Å². The van der Waals surface area contributed by atoms with Crippen LogP contribution in [0.15, 0.2) is 54.9 Å². The summed E-state index contributed by atoms with van der Waals surface area (Å²) in [6, 6.07) is 11.9. The molecule has 3 rings (SSSR count). The molecule has 0 saturated carbocycles. The van der Waals surface area contributed by atoms with Crippen molar-refractivity contribution in [1.29, 1.82) is 0 Å². The molecule has 2 aromatic carbocycles. The molecule has 0 aliphatic carbocycles. The number of hydrogen-bond acceptors (Lipinski definition) is 2. The minimum atomic E-state index is -1.08. The largest absolute Gasteiger partial charge is 0.478 e. The van der Waals surface area contributed by atoms with Gasteiger partial charge in [-0.15, -0.1) is 0 Å². The molecule has 0 aliphatic rings. The van der Waals surface area contributed by atoms with Crippen LogP contribution in [-0.4, -0.2) is 20.6 Å². The van der Waals surface area contributed by atoms with E-state index in [1.54, 1.807) is 17.0 Å². The zero-order valence-electron chi connectivity index (χ0n) is 10.9. The van der Waals surface area contributed by atoms with Crippen LogP contribution >= 0.6 is 0 Å². The van der Waals surface area contributed by atoms with Crippen LogP contribution in [0.5, 0.6) is 0 Å². The summed E-state index contributed by atoms with van der Waals surface area (Å²) in [5.74, 6) is -1.51. The third-order valence-electron chi connectivity index (χ3n) is 3.05. The summed E-state index contributed by atoms with van der Waals surface area (Å²) in [6.45, 7) is 0. The second kappa shape index (κ2) is 5.20. The van der Waals surface area contributed by atoms with Crippen LogP contribution in [0.25, 0.3) is 22.8 Å². The van der Waals surface area contributed by atoms with Crippen molar-refractivity contribution in [2.24, 2.45) is 0 Å². The molecule has 1 aromatic heterocycles. The number of carboxylic acids is 1. The summed E-state index contributed by atoms with van der Waals surface area (Å²) < 4.78 is 15.5. The van der Waals surface area contributed by atoms with Crippen molar-refractivity contribution < 1.29 is 14.3 Å². The fourth-order valence-electron chi connectivity index (χ4n) is 2.16. The van der Waals surface area contributed by atoms with Crippen molar-refractivity contribution in [1.82, 2.24) is 9.55 Å². The van der Waals surface area contributed by atoms with E-state index in [1.807, 2.05) is 24.3 Å². The second-order valence-corrected chi connectivity index (χ2v) is 4.52. The number of fused-ring (bicyclic) bond motifs is 1. The molecule has 0 atom stereocenters. The fourth-order valence-corrected chi connectivity index (χ4v) is 2.16. The standard InChI is InChI=1S/C16H11FN2O2/c17-12-7-11(5-6-16(20)21)8-13(9-12)19-10-18-14-3-1-2-4-15(14)19/h1-10H,(H,20,21)/b6-5+. The van der Waals surface area contributed by atoms with Crippen LogP contribution < -0.4 is 0 Å². The minimum absolute atomic E-state index is 0.435. The Labute approximate surface area is 119 Å². The maximum absolute atomic E-state index is 13.7. The number of carbonyl (C=O) groups is 1. The van der Waals surface area contributed by atoms with E-state index in [9.17, 15) is 9.18 Å². The highest BCUT2D eigenvalue weighted by Crippen LogP contribution is 2.20. The number of imidazole rings is 1. The Morgan fingerprint density at radius 3 is 2.86 bits per heavy atom. The third-order valence-corrected chi connectivity index (χ3v) is 3.05. The van der Waals surface area contributed by atoms with Crippen LogP contribution in [0, 0.1) is 5.82 Å². The zero-order chi connectivity index (χ0) is 14.8. The van der Waals surface area contributed by atoms with E-state index in [0.29, 0.717) is 11.3 Å². The highest BCUT2D eigenvalue weighted by atomic mass is 19.1. The molecule has 5 heteroatoms. The summed E-state index contributed by atoms with van der Waals surface area (Å²) in [6.07, 6.45) is 3.95. The van der Waals surface area contributed by atoms with E-state index in [2.05, 4.69) is 4.98 Å². The smallest absolute Gasteiger partial charge is 0.328 e. The van der Waals surface area contributed by atoms with Crippen molar-refractivity contribution >= 4 is 23.1 Å². The van der Waals surface area contributed by atoms with Gasteiger partial charge in [-0.3, -0.25) is 4.57 Å². The Morgan fingerprint density at radius 1 is 1.24 bits per heavy atom. The molecular formula is C16H11FN2O2. The summed E-state index contributed by atoms with van der Waals surface area (Å²) >= 11 is 0. The molecule has 0 bridgehead atoms. The maximum atomic E-state index is 13.7. The van der Waals surface area contributed by atoms with Gasteiger partial charge >= 0.3 is 5.97 Å². The molecule has 21 heavy (non-hydrogen) atoms. The number of hydrogen-bond donors (Lipinski definition) is 1. The van der Waals surface area contributed by atoms with E-state index in [-0.39, 0.29) is 0 Å². The Kier molecular flexibility index (Phi) is 3.23. The number of rotatable bonds is 3. The molecule has 0 saturated heterocycles. The van der Waals surface area contributed by atoms with Gasteiger partial charge in [0.15, 0.2) is 0 Å². The van der Waals surface area contributed by atoms with Crippen molar-refractivity contribution in [3.05, 3.63) is 66.2 Å². The fraction of sp³-hybridized carbons (Fsp3) is 0. The molecule has 4 nitrogen and oxygen atoms in total. The highest BCUT2D eigenvalue weighted by molar-refractivity contribution is 5.85. The Hall–Kier alpha value is -2.95. The number of nitrogens with zero attached hydrogens (tertiary/aromatic N) is 2. The summed E-state index contributed by atoms with van der Waals surface area (Å²) in [4.78, 5) is 14.8. The molecule has 0 radical (unpaired) electrons. The van der Waals surface area contributed by atoms with Crippen LogP contribution in [0.2, 0.25) is 0 Å². The van der Waals surface area contributed by atoms with Crippen molar-refractivity contribution in [2.75, 3.05) is 0 Å². The zero-order valence-corrected chi connectivity index (χ0v) is 10.9. The number of aliphatic carboxylic acids is 1. The third kappa shape index (κ3) is 2.67. The van der Waals surface area contributed by atoms with Crippen LogP contribution in [0.3, 0.4) is 0 Å². The van der Waals surface area contributed by atoms with Crippen LogP contribution in [0.1, 0.15) is 5.56 Å². The molecule has 3 aromatic rings. The van der Waals surface area contributed by atoms with Gasteiger partial charge in [-0.2, -0.15) is 0 Å². The number of aromatic nitrogens is 2. The first-order valence-electron chi connectivity index (χ1n) is 6.27. The lowest BCUT2D eigenvalue weighted by Gasteiger charge is -2.06. The number of halogens is 1. The SMILES string of the molecule is O=C(O)/C=C/c1cc(F)cc(-n2cnc3ccccc32)c1. The predicted octanol–water partition coefficient (Wildman–Crippen LogP) is 3.26. The van der Waals surface area contributed by atoms with Crippen molar-refractivity contribution in [3.8, 4) is 5.69 Å². The average molecular weight is 282 g/mol. The lowest BCUT2D eigenvalue weighted by Crippen LogP contribution is -1.94. The molecule has 1 N–H and O–H groups in total. The number of benzene rings is 2. The van der Waals surface area contributed by atoms with Gasteiger partial charge in [0.05, 0.1) is 16.7 Å².